The second-order valence-corrected chi connectivity index (χ2v) is 4.19. The SMILES string of the molecule is CCc1cc(COc2ccc(F)cc2C=O)n(C)n1. The molecule has 0 amide bonds. The molecule has 1 heterocycles. The van der Waals surface area contributed by atoms with Crippen LogP contribution in [0, 0.1) is 5.82 Å². The number of carbonyl (C=O) groups is 1. The van der Waals surface area contributed by atoms with Crippen LogP contribution in [0.5, 0.6) is 5.75 Å². The molecule has 1 aromatic carbocycles. The first kappa shape index (κ1) is 13.3. The molecule has 0 radical (unpaired) electrons. The minimum absolute atomic E-state index is 0.206. The number of ether oxygens (including phenoxy) is 1. The number of benzene rings is 1. The molecule has 0 aliphatic carbocycles. The number of hydrogen-bond acceptors (Lipinski definition) is 3. The molecule has 100 valence electrons. The lowest BCUT2D eigenvalue weighted by Crippen LogP contribution is -2.04. The van der Waals surface area contributed by atoms with E-state index in [9.17, 15) is 9.18 Å². The third-order valence-corrected chi connectivity index (χ3v) is 2.86. The van der Waals surface area contributed by atoms with E-state index >= 15 is 0 Å². The fourth-order valence-corrected chi connectivity index (χ4v) is 1.77. The van der Waals surface area contributed by atoms with Gasteiger partial charge in [-0.25, -0.2) is 4.39 Å². The van der Waals surface area contributed by atoms with Gasteiger partial charge in [-0.2, -0.15) is 5.10 Å². The topological polar surface area (TPSA) is 44.1 Å². The fourth-order valence-electron chi connectivity index (χ4n) is 1.77. The zero-order valence-electron chi connectivity index (χ0n) is 10.9. The quantitative estimate of drug-likeness (QED) is 0.778. The molecule has 0 aliphatic heterocycles. The van der Waals surface area contributed by atoms with Crippen LogP contribution in [-0.4, -0.2) is 16.1 Å². The Hall–Kier alpha value is -2.17. The Morgan fingerprint density at radius 1 is 1.42 bits per heavy atom. The Kier molecular flexibility index (Phi) is 3.94. The molecule has 19 heavy (non-hydrogen) atoms. The first-order valence-corrected chi connectivity index (χ1v) is 6.03. The van der Waals surface area contributed by atoms with Gasteiger partial charge in [0, 0.05) is 7.05 Å². The molecule has 0 saturated carbocycles. The molecule has 2 rings (SSSR count). The van der Waals surface area contributed by atoms with E-state index in [1.165, 1.54) is 12.1 Å². The summed E-state index contributed by atoms with van der Waals surface area (Å²) in [6, 6.07) is 5.83. The van der Waals surface area contributed by atoms with Gasteiger partial charge in [-0.1, -0.05) is 6.92 Å². The highest BCUT2D eigenvalue weighted by molar-refractivity contribution is 5.79. The maximum absolute atomic E-state index is 13.0. The highest BCUT2D eigenvalue weighted by atomic mass is 19.1. The van der Waals surface area contributed by atoms with E-state index < -0.39 is 5.82 Å². The van der Waals surface area contributed by atoms with Gasteiger partial charge in [0.05, 0.1) is 17.0 Å². The van der Waals surface area contributed by atoms with Crippen LogP contribution < -0.4 is 4.74 Å². The average molecular weight is 262 g/mol. The summed E-state index contributed by atoms with van der Waals surface area (Å²) in [5, 5.41) is 4.31. The van der Waals surface area contributed by atoms with Crippen molar-refractivity contribution < 1.29 is 13.9 Å². The summed E-state index contributed by atoms with van der Waals surface area (Å²) < 4.78 is 20.3. The summed E-state index contributed by atoms with van der Waals surface area (Å²) in [5.41, 5.74) is 2.09. The molecule has 1 aromatic heterocycles. The summed E-state index contributed by atoms with van der Waals surface area (Å²) >= 11 is 0. The molecule has 0 spiro atoms. The first-order valence-electron chi connectivity index (χ1n) is 6.03. The number of aldehydes is 1. The minimum Gasteiger partial charge on any atom is -0.487 e. The van der Waals surface area contributed by atoms with Crippen LogP contribution in [0.3, 0.4) is 0 Å². The lowest BCUT2D eigenvalue weighted by molar-refractivity contribution is 0.111. The summed E-state index contributed by atoms with van der Waals surface area (Å²) in [6.45, 7) is 2.31. The predicted octanol–water partition coefficient (Wildman–Crippen LogP) is 2.51. The Balaban J connectivity index is 2.13. The Morgan fingerprint density at radius 2 is 2.21 bits per heavy atom. The Labute approximate surface area is 110 Å². The van der Waals surface area contributed by atoms with E-state index in [0.29, 0.717) is 12.0 Å². The lowest BCUT2D eigenvalue weighted by atomic mass is 10.2. The predicted molar refractivity (Wildman–Crippen MR) is 68.7 cm³/mol. The van der Waals surface area contributed by atoms with Crippen LogP contribution in [-0.2, 0) is 20.1 Å². The van der Waals surface area contributed by atoms with Crippen LogP contribution in [0.1, 0.15) is 28.7 Å². The largest absolute Gasteiger partial charge is 0.487 e. The minimum atomic E-state index is -0.455. The summed E-state index contributed by atoms with van der Waals surface area (Å²) in [5.74, 6) is -0.0844. The molecule has 5 heteroatoms. The summed E-state index contributed by atoms with van der Waals surface area (Å²) in [7, 11) is 1.84. The van der Waals surface area contributed by atoms with Gasteiger partial charge in [0.25, 0.3) is 0 Å². The fraction of sp³-hybridized carbons (Fsp3) is 0.286. The molecule has 0 bridgehead atoms. The molecule has 0 N–H and O–H groups in total. The number of nitrogens with zero attached hydrogens (tertiary/aromatic N) is 2. The Morgan fingerprint density at radius 3 is 2.84 bits per heavy atom. The zero-order chi connectivity index (χ0) is 13.8. The maximum atomic E-state index is 13.0. The number of carbonyl (C=O) groups excluding carboxylic acids is 1. The molecule has 0 saturated heterocycles. The van der Waals surface area contributed by atoms with Crippen molar-refractivity contribution in [1.29, 1.82) is 0 Å². The van der Waals surface area contributed by atoms with Gasteiger partial charge in [0.2, 0.25) is 0 Å². The van der Waals surface area contributed by atoms with Gasteiger partial charge < -0.3 is 4.74 Å². The third-order valence-electron chi connectivity index (χ3n) is 2.86. The van der Waals surface area contributed by atoms with Gasteiger partial charge in [0.15, 0.2) is 6.29 Å². The molecule has 0 atom stereocenters. The van der Waals surface area contributed by atoms with Crippen LogP contribution in [0.25, 0.3) is 0 Å². The smallest absolute Gasteiger partial charge is 0.153 e. The van der Waals surface area contributed by atoms with E-state index in [2.05, 4.69) is 5.10 Å². The zero-order valence-corrected chi connectivity index (χ0v) is 10.9. The lowest BCUT2D eigenvalue weighted by Gasteiger charge is -2.08. The van der Waals surface area contributed by atoms with Crippen molar-refractivity contribution in [3.63, 3.8) is 0 Å². The molecule has 0 fully saturated rings. The number of halogens is 1. The second-order valence-electron chi connectivity index (χ2n) is 4.19. The number of aromatic nitrogens is 2. The molecule has 4 nitrogen and oxygen atoms in total. The number of hydrogen-bond donors (Lipinski definition) is 0. The molecule has 2 aromatic rings. The van der Waals surface area contributed by atoms with Crippen LogP contribution in [0.15, 0.2) is 24.3 Å². The van der Waals surface area contributed by atoms with Gasteiger partial charge in [-0.15, -0.1) is 0 Å². The Bertz CT molecular complexity index is 593. The monoisotopic (exact) mass is 262 g/mol. The van der Waals surface area contributed by atoms with Crippen LogP contribution >= 0.6 is 0 Å². The van der Waals surface area contributed by atoms with Gasteiger partial charge in [-0.05, 0) is 30.7 Å². The highest BCUT2D eigenvalue weighted by Crippen LogP contribution is 2.19. The van der Waals surface area contributed by atoms with Crippen molar-refractivity contribution >= 4 is 6.29 Å². The van der Waals surface area contributed by atoms with Gasteiger partial charge in [0.1, 0.15) is 18.2 Å². The van der Waals surface area contributed by atoms with E-state index in [1.807, 2.05) is 20.0 Å². The van der Waals surface area contributed by atoms with Crippen molar-refractivity contribution in [2.24, 2.45) is 7.05 Å². The first-order chi connectivity index (χ1) is 9.13. The molecular weight excluding hydrogens is 247 g/mol. The van der Waals surface area contributed by atoms with Crippen molar-refractivity contribution in [2.45, 2.75) is 20.0 Å². The summed E-state index contributed by atoms with van der Waals surface area (Å²) in [4.78, 5) is 10.8. The van der Waals surface area contributed by atoms with Crippen LogP contribution in [0.4, 0.5) is 4.39 Å². The van der Waals surface area contributed by atoms with Crippen molar-refractivity contribution in [2.75, 3.05) is 0 Å². The van der Waals surface area contributed by atoms with E-state index in [-0.39, 0.29) is 12.2 Å². The van der Waals surface area contributed by atoms with Crippen molar-refractivity contribution in [3.05, 3.63) is 47.0 Å². The number of aryl methyl sites for hydroxylation is 2. The van der Waals surface area contributed by atoms with E-state index in [0.717, 1.165) is 23.9 Å². The van der Waals surface area contributed by atoms with Crippen molar-refractivity contribution in [1.82, 2.24) is 9.78 Å². The second kappa shape index (κ2) is 5.65. The summed E-state index contributed by atoms with van der Waals surface area (Å²) in [6.07, 6.45) is 1.43. The molecule has 0 unspecified atom stereocenters. The van der Waals surface area contributed by atoms with Crippen molar-refractivity contribution in [3.8, 4) is 5.75 Å². The van der Waals surface area contributed by atoms with Gasteiger partial charge in [-0.3, -0.25) is 9.48 Å². The third kappa shape index (κ3) is 2.99. The molecular formula is C14H15FN2O2. The molecule has 0 aliphatic rings. The number of rotatable bonds is 5. The highest BCUT2D eigenvalue weighted by Gasteiger charge is 2.08. The standard InChI is InChI=1S/C14H15FN2O2/c1-3-12-7-13(17(2)16-12)9-19-14-5-4-11(15)6-10(14)8-18/h4-8H,3,9H2,1-2H3. The van der Waals surface area contributed by atoms with E-state index in [4.69, 9.17) is 4.74 Å². The van der Waals surface area contributed by atoms with E-state index in [1.54, 1.807) is 4.68 Å². The maximum Gasteiger partial charge on any atom is 0.153 e. The normalized spacial score (nSPS) is 10.5. The van der Waals surface area contributed by atoms with Gasteiger partial charge >= 0.3 is 0 Å². The average Bonchev–Trinajstić information content (AvgIpc) is 2.78. The van der Waals surface area contributed by atoms with Crippen LogP contribution in [0.2, 0.25) is 0 Å².